The average Bonchev–Trinajstić information content (AvgIpc) is 2.66. The second-order valence-electron chi connectivity index (χ2n) is 6.56. The monoisotopic (exact) mass is 466 g/mol. The van der Waals surface area contributed by atoms with Crippen molar-refractivity contribution in [3.8, 4) is 0 Å². The molecule has 0 aliphatic carbocycles. The van der Waals surface area contributed by atoms with Gasteiger partial charge in [0.05, 0.1) is 18.5 Å². The van der Waals surface area contributed by atoms with Crippen LogP contribution in [0.2, 0.25) is 10.0 Å². The number of amides is 1. The van der Waals surface area contributed by atoms with Crippen LogP contribution < -0.4 is 9.62 Å². The van der Waals surface area contributed by atoms with E-state index < -0.39 is 15.8 Å². The van der Waals surface area contributed by atoms with Crippen molar-refractivity contribution in [3.63, 3.8) is 0 Å². The lowest BCUT2D eigenvalue weighted by Gasteiger charge is -2.23. The average molecular weight is 467 g/mol. The van der Waals surface area contributed by atoms with Gasteiger partial charge in [0.1, 0.15) is 5.82 Å². The largest absolute Gasteiger partial charge is 0.322 e. The Hall–Kier alpha value is -2.61. The maximum absolute atomic E-state index is 13.0. The summed E-state index contributed by atoms with van der Waals surface area (Å²) in [5.74, 6) is -0.761. The molecular weight excluding hydrogens is 450 g/mol. The Bertz CT molecular complexity index is 1150. The molecule has 0 atom stereocenters. The summed E-state index contributed by atoms with van der Waals surface area (Å²) in [6.07, 6.45) is 1.09. The van der Waals surface area contributed by atoms with Crippen LogP contribution in [0, 0.1) is 5.82 Å². The molecule has 156 valence electrons. The molecule has 0 fully saturated rings. The van der Waals surface area contributed by atoms with Crippen LogP contribution in [0.15, 0.2) is 66.7 Å². The standard InChI is InChI=1S/C21H17Cl2FN2O3S/c1-30(28,29)26(20-11-16(22)10-17(23)12-20)13-14-2-4-15(5-3-14)21(27)25-19-8-6-18(24)7-9-19/h2-12H,13H2,1H3,(H,25,27). The molecule has 0 heterocycles. The number of rotatable bonds is 6. The molecule has 0 saturated carbocycles. The van der Waals surface area contributed by atoms with E-state index in [1.807, 2.05) is 0 Å². The molecule has 5 nitrogen and oxygen atoms in total. The zero-order valence-electron chi connectivity index (χ0n) is 15.8. The third-order valence-electron chi connectivity index (χ3n) is 4.18. The summed E-state index contributed by atoms with van der Waals surface area (Å²) in [4.78, 5) is 12.3. The topological polar surface area (TPSA) is 66.5 Å². The number of benzene rings is 3. The molecular formula is C21H17Cl2FN2O3S. The third kappa shape index (κ3) is 5.72. The van der Waals surface area contributed by atoms with E-state index in [1.165, 1.54) is 46.8 Å². The van der Waals surface area contributed by atoms with Crippen molar-refractivity contribution in [1.29, 1.82) is 0 Å². The first-order valence-corrected chi connectivity index (χ1v) is 11.3. The number of halogens is 3. The van der Waals surface area contributed by atoms with Crippen molar-refractivity contribution in [1.82, 2.24) is 0 Å². The maximum Gasteiger partial charge on any atom is 0.255 e. The van der Waals surface area contributed by atoms with Crippen LogP contribution in [0.1, 0.15) is 15.9 Å². The molecule has 0 bridgehead atoms. The lowest BCUT2D eigenvalue weighted by Crippen LogP contribution is -2.29. The van der Waals surface area contributed by atoms with Gasteiger partial charge < -0.3 is 5.32 Å². The van der Waals surface area contributed by atoms with Crippen LogP contribution in [0.4, 0.5) is 15.8 Å². The number of hydrogen-bond donors (Lipinski definition) is 1. The first kappa shape index (κ1) is 22.1. The number of nitrogens with zero attached hydrogens (tertiary/aromatic N) is 1. The molecule has 0 aromatic heterocycles. The highest BCUT2D eigenvalue weighted by molar-refractivity contribution is 7.92. The minimum atomic E-state index is -3.61. The second-order valence-corrected chi connectivity index (χ2v) is 9.33. The van der Waals surface area contributed by atoms with Gasteiger partial charge in [-0.15, -0.1) is 0 Å². The summed E-state index contributed by atoms with van der Waals surface area (Å²) in [5.41, 5.74) is 1.84. The van der Waals surface area contributed by atoms with Gasteiger partial charge in [0, 0.05) is 21.3 Å². The van der Waals surface area contributed by atoms with E-state index in [0.29, 0.717) is 32.5 Å². The highest BCUT2D eigenvalue weighted by Crippen LogP contribution is 2.28. The Morgan fingerprint density at radius 2 is 1.53 bits per heavy atom. The van der Waals surface area contributed by atoms with Crippen molar-refractivity contribution in [2.24, 2.45) is 0 Å². The first-order chi connectivity index (χ1) is 14.1. The zero-order valence-corrected chi connectivity index (χ0v) is 18.1. The Labute approximate surface area is 184 Å². The number of anilines is 2. The molecule has 9 heteroatoms. The smallest absolute Gasteiger partial charge is 0.255 e. The minimum Gasteiger partial charge on any atom is -0.322 e. The Balaban J connectivity index is 1.78. The molecule has 0 aliphatic rings. The van der Waals surface area contributed by atoms with E-state index in [0.717, 1.165) is 6.26 Å². The van der Waals surface area contributed by atoms with Gasteiger partial charge in [-0.3, -0.25) is 9.10 Å². The van der Waals surface area contributed by atoms with Gasteiger partial charge in [0.15, 0.2) is 0 Å². The normalized spacial score (nSPS) is 11.2. The SMILES string of the molecule is CS(=O)(=O)N(Cc1ccc(C(=O)Nc2ccc(F)cc2)cc1)c1cc(Cl)cc(Cl)c1. The molecule has 1 N–H and O–H groups in total. The molecule has 0 unspecified atom stereocenters. The number of sulfonamides is 1. The third-order valence-corrected chi connectivity index (χ3v) is 5.76. The van der Waals surface area contributed by atoms with E-state index in [1.54, 1.807) is 24.3 Å². The van der Waals surface area contributed by atoms with Crippen LogP contribution in [0.25, 0.3) is 0 Å². The Kier molecular flexibility index (Phi) is 6.65. The van der Waals surface area contributed by atoms with Gasteiger partial charge in [-0.2, -0.15) is 0 Å². The van der Waals surface area contributed by atoms with Gasteiger partial charge in [0.2, 0.25) is 10.0 Å². The van der Waals surface area contributed by atoms with Crippen LogP contribution >= 0.6 is 23.2 Å². The zero-order chi connectivity index (χ0) is 21.9. The highest BCUT2D eigenvalue weighted by Gasteiger charge is 2.19. The summed E-state index contributed by atoms with van der Waals surface area (Å²) in [5, 5.41) is 3.30. The Morgan fingerprint density at radius 3 is 2.07 bits per heavy atom. The van der Waals surface area contributed by atoms with E-state index in [4.69, 9.17) is 23.2 Å². The maximum atomic E-state index is 13.0. The van der Waals surface area contributed by atoms with Crippen LogP contribution in [-0.2, 0) is 16.6 Å². The van der Waals surface area contributed by atoms with E-state index in [2.05, 4.69) is 5.32 Å². The molecule has 0 spiro atoms. The lowest BCUT2D eigenvalue weighted by atomic mass is 10.1. The van der Waals surface area contributed by atoms with Crippen molar-refractivity contribution in [2.75, 3.05) is 15.9 Å². The number of carbonyl (C=O) groups excluding carboxylic acids is 1. The molecule has 30 heavy (non-hydrogen) atoms. The highest BCUT2D eigenvalue weighted by atomic mass is 35.5. The summed E-state index contributed by atoms with van der Waals surface area (Å²) in [6.45, 7) is 0.0371. The van der Waals surface area contributed by atoms with Crippen LogP contribution in [0.5, 0.6) is 0 Å². The predicted octanol–water partition coefficient (Wildman–Crippen LogP) is 5.35. The van der Waals surface area contributed by atoms with Crippen LogP contribution in [-0.4, -0.2) is 20.6 Å². The first-order valence-electron chi connectivity index (χ1n) is 8.71. The van der Waals surface area contributed by atoms with Gasteiger partial charge >= 0.3 is 0 Å². The van der Waals surface area contributed by atoms with Gasteiger partial charge in [-0.05, 0) is 60.2 Å². The van der Waals surface area contributed by atoms with Crippen molar-refractivity contribution in [2.45, 2.75) is 6.54 Å². The molecule has 1 amide bonds. The number of hydrogen-bond acceptors (Lipinski definition) is 3. The van der Waals surface area contributed by atoms with Crippen molar-refractivity contribution < 1.29 is 17.6 Å². The quantitative estimate of drug-likeness (QED) is 0.532. The number of nitrogens with one attached hydrogen (secondary N) is 1. The summed E-state index contributed by atoms with van der Waals surface area (Å²) in [6, 6.07) is 16.4. The van der Waals surface area contributed by atoms with E-state index in [9.17, 15) is 17.6 Å². The van der Waals surface area contributed by atoms with E-state index >= 15 is 0 Å². The fraction of sp³-hybridized carbons (Fsp3) is 0.0952. The fourth-order valence-electron chi connectivity index (χ4n) is 2.75. The molecule has 0 radical (unpaired) electrons. The molecule has 3 rings (SSSR count). The Morgan fingerprint density at radius 1 is 0.967 bits per heavy atom. The molecule has 0 aliphatic heterocycles. The van der Waals surface area contributed by atoms with Crippen LogP contribution in [0.3, 0.4) is 0 Å². The molecule has 0 saturated heterocycles. The second kappa shape index (κ2) is 9.04. The summed E-state index contributed by atoms with van der Waals surface area (Å²) >= 11 is 12.0. The van der Waals surface area contributed by atoms with Gasteiger partial charge in [0.25, 0.3) is 5.91 Å². The fourth-order valence-corrected chi connectivity index (χ4v) is 4.13. The predicted molar refractivity (Wildman–Crippen MR) is 118 cm³/mol. The van der Waals surface area contributed by atoms with Gasteiger partial charge in [-0.25, -0.2) is 12.8 Å². The summed E-state index contributed by atoms with van der Waals surface area (Å²) < 4.78 is 38.8. The van der Waals surface area contributed by atoms with Gasteiger partial charge in [-0.1, -0.05) is 35.3 Å². The minimum absolute atomic E-state index is 0.0371. The molecule has 3 aromatic carbocycles. The number of carbonyl (C=O) groups is 1. The van der Waals surface area contributed by atoms with E-state index in [-0.39, 0.29) is 12.5 Å². The lowest BCUT2D eigenvalue weighted by molar-refractivity contribution is 0.102. The summed E-state index contributed by atoms with van der Waals surface area (Å²) in [7, 11) is -3.61. The van der Waals surface area contributed by atoms with Crippen molar-refractivity contribution >= 4 is 50.5 Å². The van der Waals surface area contributed by atoms with Crippen molar-refractivity contribution in [3.05, 3.63) is 93.7 Å². The molecule has 3 aromatic rings.